The summed E-state index contributed by atoms with van der Waals surface area (Å²) in [5.41, 5.74) is 0.578. The fourth-order valence-electron chi connectivity index (χ4n) is 1.05. The molecule has 0 aliphatic rings. The van der Waals surface area contributed by atoms with E-state index in [0.29, 0.717) is 12.1 Å². The molecule has 0 radical (unpaired) electrons. The van der Waals surface area contributed by atoms with Crippen LogP contribution in [0.2, 0.25) is 0 Å². The number of nitrogens with zero attached hydrogens (tertiary/aromatic N) is 4. The van der Waals surface area contributed by atoms with Crippen LogP contribution in [0.4, 0.5) is 0 Å². The van der Waals surface area contributed by atoms with Crippen LogP contribution >= 0.6 is 0 Å². The minimum absolute atomic E-state index is 0.0142. The molecule has 7 nitrogen and oxygen atoms in total. The Hall–Kier alpha value is -1.92. The first-order chi connectivity index (χ1) is 7.49. The van der Waals surface area contributed by atoms with E-state index in [9.17, 15) is 9.59 Å². The number of hydrogen-bond acceptors (Lipinski definition) is 4. The first-order valence-electron chi connectivity index (χ1n) is 4.80. The fourth-order valence-corrected chi connectivity index (χ4v) is 1.05. The molecule has 0 saturated heterocycles. The predicted octanol–water partition coefficient (Wildman–Crippen LogP) is -0.617. The molecule has 0 spiro atoms. The largest absolute Gasteiger partial charge is 0.481 e. The van der Waals surface area contributed by atoms with Gasteiger partial charge in [-0.25, -0.2) is 4.68 Å². The number of amides is 1. The van der Waals surface area contributed by atoms with E-state index in [4.69, 9.17) is 5.11 Å². The highest BCUT2D eigenvalue weighted by Gasteiger charge is 2.08. The van der Waals surface area contributed by atoms with Crippen LogP contribution in [0.3, 0.4) is 0 Å². The molecule has 0 atom stereocenters. The Kier molecular flexibility index (Phi) is 3.98. The van der Waals surface area contributed by atoms with E-state index in [-0.39, 0.29) is 18.9 Å². The molecule has 1 heterocycles. The number of likely N-dealkylation sites (N-methyl/N-ethyl adjacent to an activating group) is 1. The van der Waals surface area contributed by atoms with E-state index in [1.54, 1.807) is 20.3 Å². The van der Waals surface area contributed by atoms with Crippen LogP contribution in [0.5, 0.6) is 0 Å². The third-order valence-electron chi connectivity index (χ3n) is 1.98. The van der Waals surface area contributed by atoms with Gasteiger partial charge in [0, 0.05) is 26.7 Å². The lowest BCUT2D eigenvalue weighted by molar-refractivity contribution is -0.137. The van der Waals surface area contributed by atoms with Gasteiger partial charge in [0.25, 0.3) is 0 Å². The van der Waals surface area contributed by atoms with Crippen molar-refractivity contribution in [3.63, 3.8) is 0 Å². The smallest absolute Gasteiger partial charge is 0.303 e. The van der Waals surface area contributed by atoms with Gasteiger partial charge in [-0.1, -0.05) is 5.21 Å². The van der Waals surface area contributed by atoms with Crippen LogP contribution in [-0.4, -0.2) is 51.0 Å². The summed E-state index contributed by atoms with van der Waals surface area (Å²) >= 11 is 0. The average Bonchev–Trinajstić information content (AvgIpc) is 2.62. The van der Waals surface area contributed by atoms with Crippen molar-refractivity contribution < 1.29 is 14.7 Å². The summed E-state index contributed by atoms with van der Waals surface area (Å²) in [5.74, 6) is -0.964. The van der Waals surface area contributed by atoms with Gasteiger partial charge in [-0.05, 0) is 0 Å². The standard InChI is InChI=1S/C9H14N4O3/c1-12(2)8(14)6-13-5-7(10-11-13)3-4-9(15)16/h5H,3-4,6H2,1-2H3,(H,15,16). The quantitative estimate of drug-likeness (QED) is 0.723. The van der Waals surface area contributed by atoms with Gasteiger partial charge in [-0.15, -0.1) is 5.10 Å². The molecule has 0 aliphatic heterocycles. The maximum absolute atomic E-state index is 11.3. The van der Waals surface area contributed by atoms with Gasteiger partial charge in [0.05, 0.1) is 12.1 Å². The maximum Gasteiger partial charge on any atom is 0.303 e. The molecule has 0 unspecified atom stereocenters. The summed E-state index contributed by atoms with van der Waals surface area (Å²) in [6, 6.07) is 0. The summed E-state index contributed by atoms with van der Waals surface area (Å²) in [4.78, 5) is 23.1. The third-order valence-corrected chi connectivity index (χ3v) is 1.98. The van der Waals surface area contributed by atoms with Crippen molar-refractivity contribution >= 4 is 11.9 Å². The lowest BCUT2D eigenvalue weighted by Crippen LogP contribution is -2.26. The molecule has 1 rings (SSSR count). The Morgan fingerprint density at radius 2 is 2.19 bits per heavy atom. The number of carbonyl (C=O) groups excluding carboxylic acids is 1. The highest BCUT2D eigenvalue weighted by molar-refractivity contribution is 5.75. The highest BCUT2D eigenvalue weighted by Crippen LogP contribution is 1.98. The van der Waals surface area contributed by atoms with Crippen molar-refractivity contribution in [2.75, 3.05) is 14.1 Å². The molecule has 0 bridgehead atoms. The van der Waals surface area contributed by atoms with Crippen molar-refractivity contribution in [3.05, 3.63) is 11.9 Å². The van der Waals surface area contributed by atoms with E-state index in [1.807, 2.05) is 0 Å². The topological polar surface area (TPSA) is 88.3 Å². The maximum atomic E-state index is 11.3. The molecule has 1 N–H and O–H groups in total. The Bertz CT molecular complexity index is 386. The second kappa shape index (κ2) is 5.24. The Morgan fingerprint density at radius 1 is 1.50 bits per heavy atom. The normalized spacial score (nSPS) is 10.1. The van der Waals surface area contributed by atoms with E-state index in [1.165, 1.54) is 9.58 Å². The molecule has 0 aromatic carbocycles. The summed E-state index contributed by atoms with van der Waals surface area (Å²) in [6.07, 6.45) is 1.93. The number of aromatic nitrogens is 3. The van der Waals surface area contributed by atoms with Crippen molar-refractivity contribution in [2.24, 2.45) is 0 Å². The highest BCUT2D eigenvalue weighted by atomic mass is 16.4. The third kappa shape index (κ3) is 3.68. The Morgan fingerprint density at radius 3 is 2.75 bits per heavy atom. The van der Waals surface area contributed by atoms with Gasteiger partial charge in [0.2, 0.25) is 5.91 Å². The molecule has 16 heavy (non-hydrogen) atoms. The summed E-state index contributed by atoms with van der Waals surface area (Å²) in [5, 5.41) is 16.0. The molecular weight excluding hydrogens is 212 g/mol. The molecule has 0 fully saturated rings. The minimum Gasteiger partial charge on any atom is -0.481 e. The van der Waals surface area contributed by atoms with Gasteiger partial charge < -0.3 is 10.0 Å². The van der Waals surface area contributed by atoms with Crippen LogP contribution in [0, 0.1) is 0 Å². The number of carbonyl (C=O) groups is 2. The minimum atomic E-state index is -0.876. The predicted molar refractivity (Wildman–Crippen MR) is 54.7 cm³/mol. The fraction of sp³-hybridized carbons (Fsp3) is 0.556. The second-order valence-electron chi connectivity index (χ2n) is 3.59. The van der Waals surface area contributed by atoms with Crippen LogP contribution in [0.1, 0.15) is 12.1 Å². The second-order valence-corrected chi connectivity index (χ2v) is 3.59. The van der Waals surface area contributed by atoms with Gasteiger partial charge in [0.1, 0.15) is 6.54 Å². The van der Waals surface area contributed by atoms with E-state index >= 15 is 0 Å². The van der Waals surface area contributed by atoms with Crippen molar-refractivity contribution in [3.8, 4) is 0 Å². The van der Waals surface area contributed by atoms with Crippen LogP contribution < -0.4 is 0 Å². The zero-order chi connectivity index (χ0) is 12.1. The SMILES string of the molecule is CN(C)C(=O)Cn1cc(CCC(=O)O)nn1. The van der Waals surface area contributed by atoms with Gasteiger partial charge in [0.15, 0.2) is 0 Å². The number of aliphatic carboxylic acids is 1. The van der Waals surface area contributed by atoms with Crippen LogP contribution in [0.15, 0.2) is 6.20 Å². The Balaban J connectivity index is 2.51. The number of aryl methyl sites for hydroxylation is 1. The number of carboxylic acids is 1. The van der Waals surface area contributed by atoms with Gasteiger partial charge in [-0.2, -0.15) is 0 Å². The van der Waals surface area contributed by atoms with Crippen molar-refractivity contribution in [2.45, 2.75) is 19.4 Å². The van der Waals surface area contributed by atoms with Crippen LogP contribution in [-0.2, 0) is 22.6 Å². The summed E-state index contributed by atoms with van der Waals surface area (Å²) in [6.45, 7) is 0.118. The molecule has 1 aromatic rings. The van der Waals surface area contributed by atoms with Gasteiger partial charge in [-0.3, -0.25) is 9.59 Å². The molecule has 1 aromatic heterocycles. The first-order valence-corrected chi connectivity index (χ1v) is 4.80. The molecule has 88 valence electrons. The average molecular weight is 226 g/mol. The van der Waals surface area contributed by atoms with E-state index in [0.717, 1.165) is 0 Å². The van der Waals surface area contributed by atoms with Crippen molar-refractivity contribution in [1.82, 2.24) is 19.9 Å². The van der Waals surface area contributed by atoms with Crippen LogP contribution in [0.25, 0.3) is 0 Å². The molecule has 0 saturated carbocycles. The first kappa shape index (κ1) is 12.2. The lowest BCUT2D eigenvalue weighted by atomic mass is 10.2. The lowest BCUT2D eigenvalue weighted by Gasteiger charge is -2.08. The molecule has 7 heteroatoms. The number of hydrogen-bond donors (Lipinski definition) is 1. The molecular formula is C9H14N4O3. The monoisotopic (exact) mass is 226 g/mol. The molecule has 0 aliphatic carbocycles. The van der Waals surface area contributed by atoms with Gasteiger partial charge >= 0.3 is 5.97 Å². The van der Waals surface area contributed by atoms with Crippen molar-refractivity contribution in [1.29, 1.82) is 0 Å². The zero-order valence-electron chi connectivity index (χ0n) is 9.25. The number of carboxylic acid groups (broad SMARTS) is 1. The molecule has 1 amide bonds. The zero-order valence-corrected chi connectivity index (χ0v) is 9.25. The Labute approximate surface area is 92.7 Å². The number of rotatable bonds is 5. The van der Waals surface area contributed by atoms with E-state index < -0.39 is 5.97 Å². The summed E-state index contributed by atoms with van der Waals surface area (Å²) < 4.78 is 1.40. The van der Waals surface area contributed by atoms with E-state index in [2.05, 4.69) is 10.3 Å². The summed E-state index contributed by atoms with van der Waals surface area (Å²) in [7, 11) is 3.31.